The summed E-state index contributed by atoms with van der Waals surface area (Å²) in [6, 6.07) is 16.9. The van der Waals surface area contributed by atoms with Gasteiger partial charge in [0.25, 0.3) is 11.8 Å². The fourth-order valence-corrected chi connectivity index (χ4v) is 4.16. The van der Waals surface area contributed by atoms with Crippen molar-refractivity contribution in [2.75, 3.05) is 32.8 Å². The zero-order valence-corrected chi connectivity index (χ0v) is 16.8. The second-order valence-electron chi connectivity index (χ2n) is 7.96. The summed E-state index contributed by atoms with van der Waals surface area (Å²) in [5.41, 5.74) is 1.46. The molecule has 5 heteroatoms. The molecule has 2 saturated heterocycles. The van der Waals surface area contributed by atoms with E-state index in [0.717, 1.165) is 68.7 Å². The Morgan fingerprint density at radius 2 is 1.41 bits per heavy atom. The molecule has 2 aromatic carbocycles. The molecule has 2 aromatic rings. The van der Waals surface area contributed by atoms with Crippen molar-refractivity contribution >= 4 is 11.8 Å². The van der Waals surface area contributed by atoms with E-state index in [2.05, 4.69) is 0 Å². The molecular formula is C24H28N2O3. The van der Waals surface area contributed by atoms with Gasteiger partial charge in [0.2, 0.25) is 0 Å². The summed E-state index contributed by atoms with van der Waals surface area (Å²) in [6.07, 6.45) is 4.25. The van der Waals surface area contributed by atoms with E-state index < -0.39 is 0 Å². The Morgan fingerprint density at radius 3 is 2.14 bits per heavy atom. The van der Waals surface area contributed by atoms with Gasteiger partial charge in [0.05, 0.1) is 6.61 Å². The zero-order chi connectivity index (χ0) is 20.1. The summed E-state index contributed by atoms with van der Waals surface area (Å²) in [4.78, 5) is 29.0. The Balaban J connectivity index is 1.29. The van der Waals surface area contributed by atoms with E-state index in [1.54, 1.807) is 0 Å². The SMILES string of the molecule is O=C(c1ccc(OC[C@H]2CCCN(C(=O)c3ccccc3)C2)cc1)N1CCCC1. The molecule has 29 heavy (non-hydrogen) atoms. The predicted octanol–water partition coefficient (Wildman–Crippen LogP) is 3.85. The number of piperidine rings is 1. The number of ether oxygens (including phenoxy) is 1. The van der Waals surface area contributed by atoms with Crippen molar-refractivity contribution < 1.29 is 14.3 Å². The molecule has 2 aliphatic rings. The number of hydrogen-bond acceptors (Lipinski definition) is 3. The van der Waals surface area contributed by atoms with Gasteiger partial charge in [0.15, 0.2) is 0 Å². The van der Waals surface area contributed by atoms with Crippen LogP contribution in [0, 0.1) is 5.92 Å². The molecule has 0 radical (unpaired) electrons. The van der Waals surface area contributed by atoms with Gasteiger partial charge in [-0.25, -0.2) is 0 Å². The molecule has 0 aliphatic carbocycles. The minimum Gasteiger partial charge on any atom is -0.493 e. The lowest BCUT2D eigenvalue weighted by atomic mass is 9.98. The van der Waals surface area contributed by atoms with Crippen LogP contribution in [0.2, 0.25) is 0 Å². The predicted molar refractivity (Wildman–Crippen MR) is 112 cm³/mol. The summed E-state index contributed by atoms with van der Waals surface area (Å²) < 4.78 is 5.98. The number of benzene rings is 2. The summed E-state index contributed by atoms with van der Waals surface area (Å²) in [5, 5.41) is 0. The highest BCUT2D eigenvalue weighted by molar-refractivity contribution is 5.94. The van der Waals surface area contributed by atoms with E-state index in [9.17, 15) is 9.59 Å². The molecule has 1 atom stereocenters. The van der Waals surface area contributed by atoms with Crippen molar-refractivity contribution in [1.29, 1.82) is 0 Å². The van der Waals surface area contributed by atoms with Gasteiger partial charge < -0.3 is 14.5 Å². The molecule has 2 aliphatic heterocycles. The first-order chi connectivity index (χ1) is 14.2. The number of likely N-dealkylation sites (tertiary alicyclic amines) is 2. The summed E-state index contributed by atoms with van der Waals surface area (Å²) in [6.45, 7) is 3.82. The average Bonchev–Trinajstić information content (AvgIpc) is 3.33. The maximum atomic E-state index is 12.7. The van der Waals surface area contributed by atoms with Crippen LogP contribution < -0.4 is 4.74 Å². The Labute approximate surface area is 172 Å². The topological polar surface area (TPSA) is 49.9 Å². The van der Waals surface area contributed by atoms with Crippen LogP contribution in [0.1, 0.15) is 46.4 Å². The van der Waals surface area contributed by atoms with Crippen molar-refractivity contribution in [3.8, 4) is 5.75 Å². The third kappa shape index (κ3) is 4.78. The van der Waals surface area contributed by atoms with E-state index in [1.165, 1.54) is 0 Å². The number of carbonyl (C=O) groups excluding carboxylic acids is 2. The second-order valence-corrected chi connectivity index (χ2v) is 7.96. The molecule has 0 bridgehead atoms. The molecule has 0 N–H and O–H groups in total. The Bertz CT molecular complexity index is 829. The van der Waals surface area contributed by atoms with Gasteiger partial charge in [-0.2, -0.15) is 0 Å². The maximum absolute atomic E-state index is 12.7. The third-order valence-corrected chi connectivity index (χ3v) is 5.81. The molecule has 152 valence electrons. The highest BCUT2D eigenvalue weighted by Crippen LogP contribution is 2.21. The van der Waals surface area contributed by atoms with Crippen molar-refractivity contribution in [1.82, 2.24) is 9.80 Å². The molecule has 4 rings (SSSR count). The highest BCUT2D eigenvalue weighted by Gasteiger charge is 2.25. The number of nitrogens with zero attached hydrogens (tertiary/aromatic N) is 2. The van der Waals surface area contributed by atoms with E-state index >= 15 is 0 Å². The van der Waals surface area contributed by atoms with Crippen molar-refractivity contribution in [3.05, 3.63) is 65.7 Å². The summed E-state index contributed by atoms with van der Waals surface area (Å²) in [5.74, 6) is 1.30. The molecule has 2 fully saturated rings. The lowest BCUT2D eigenvalue weighted by Gasteiger charge is -2.32. The average molecular weight is 392 g/mol. The highest BCUT2D eigenvalue weighted by atomic mass is 16.5. The van der Waals surface area contributed by atoms with Gasteiger partial charge in [-0.3, -0.25) is 9.59 Å². The van der Waals surface area contributed by atoms with Gasteiger partial charge >= 0.3 is 0 Å². The van der Waals surface area contributed by atoms with Gasteiger partial charge in [-0.1, -0.05) is 18.2 Å². The van der Waals surface area contributed by atoms with E-state index in [4.69, 9.17) is 4.74 Å². The number of rotatable bonds is 5. The third-order valence-electron chi connectivity index (χ3n) is 5.81. The van der Waals surface area contributed by atoms with Crippen LogP contribution in [0.15, 0.2) is 54.6 Å². The lowest BCUT2D eigenvalue weighted by molar-refractivity contribution is 0.0633. The molecule has 5 nitrogen and oxygen atoms in total. The van der Waals surface area contributed by atoms with Crippen LogP contribution in [-0.2, 0) is 0 Å². The fourth-order valence-electron chi connectivity index (χ4n) is 4.16. The van der Waals surface area contributed by atoms with Crippen molar-refractivity contribution in [2.45, 2.75) is 25.7 Å². The Kier molecular flexibility index (Phi) is 6.13. The van der Waals surface area contributed by atoms with Crippen LogP contribution in [-0.4, -0.2) is 54.4 Å². The standard InChI is InChI=1S/C24H28N2O3/c27-23(25-14-4-5-15-25)21-10-12-22(13-11-21)29-18-19-7-6-16-26(17-19)24(28)20-8-2-1-3-9-20/h1-3,8-13,19H,4-7,14-18H2/t19-/m0/s1. The Morgan fingerprint density at radius 1 is 0.793 bits per heavy atom. The van der Waals surface area contributed by atoms with Gasteiger partial charge in [0, 0.05) is 43.2 Å². The van der Waals surface area contributed by atoms with Gasteiger partial charge in [-0.05, 0) is 62.1 Å². The normalized spacial score (nSPS) is 19.2. The first-order valence-electron chi connectivity index (χ1n) is 10.6. The number of amides is 2. The monoisotopic (exact) mass is 392 g/mol. The van der Waals surface area contributed by atoms with Crippen molar-refractivity contribution in [3.63, 3.8) is 0 Å². The molecular weight excluding hydrogens is 364 g/mol. The molecule has 2 heterocycles. The zero-order valence-electron chi connectivity index (χ0n) is 16.8. The first kappa shape index (κ1) is 19.5. The largest absolute Gasteiger partial charge is 0.493 e. The van der Waals surface area contributed by atoms with Crippen LogP contribution >= 0.6 is 0 Å². The van der Waals surface area contributed by atoms with E-state index in [-0.39, 0.29) is 11.8 Å². The lowest BCUT2D eigenvalue weighted by Crippen LogP contribution is -2.41. The molecule has 2 amide bonds. The molecule has 0 aromatic heterocycles. The minimum absolute atomic E-state index is 0.0973. The second kappa shape index (κ2) is 9.12. The fraction of sp³-hybridized carbons (Fsp3) is 0.417. The van der Waals surface area contributed by atoms with Crippen LogP contribution in [0.25, 0.3) is 0 Å². The minimum atomic E-state index is 0.0973. The van der Waals surface area contributed by atoms with Crippen molar-refractivity contribution in [2.24, 2.45) is 5.92 Å². The molecule has 0 spiro atoms. The number of carbonyl (C=O) groups is 2. The van der Waals surface area contributed by atoms with Crippen LogP contribution in [0.4, 0.5) is 0 Å². The van der Waals surface area contributed by atoms with Gasteiger partial charge in [0.1, 0.15) is 5.75 Å². The Hall–Kier alpha value is -2.82. The van der Waals surface area contributed by atoms with E-state index in [0.29, 0.717) is 12.5 Å². The summed E-state index contributed by atoms with van der Waals surface area (Å²) >= 11 is 0. The van der Waals surface area contributed by atoms with Gasteiger partial charge in [-0.15, -0.1) is 0 Å². The first-order valence-corrected chi connectivity index (χ1v) is 10.6. The van der Waals surface area contributed by atoms with Crippen LogP contribution in [0.5, 0.6) is 5.75 Å². The quantitative estimate of drug-likeness (QED) is 0.777. The maximum Gasteiger partial charge on any atom is 0.253 e. The molecule has 0 unspecified atom stereocenters. The van der Waals surface area contributed by atoms with Crippen LogP contribution in [0.3, 0.4) is 0 Å². The molecule has 0 saturated carbocycles. The summed E-state index contributed by atoms with van der Waals surface area (Å²) in [7, 11) is 0. The number of hydrogen-bond donors (Lipinski definition) is 0. The van der Waals surface area contributed by atoms with E-state index in [1.807, 2.05) is 64.4 Å². The smallest absolute Gasteiger partial charge is 0.253 e.